The number of Topliss-reactive ketones (excluding diaryl/α,β-unsaturated/α-hetero) is 1. The molecule has 0 aliphatic carbocycles. The van der Waals surface area contributed by atoms with E-state index in [0.717, 1.165) is 4.90 Å². The van der Waals surface area contributed by atoms with Gasteiger partial charge in [-0.2, -0.15) is 0 Å². The highest BCUT2D eigenvalue weighted by Gasteiger charge is 2.50. The van der Waals surface area contributed by atoms with Crippen molar-refractivity contribution in [1.29, 1.82) is 0 Å². The molecule has 1 aliphatic rings. The second kappa shape index (κ2) is 8.32. The molecule has 30 heavy (non-hydrogen) atoms. The highest BCUT2D eigenvalue weighted by Crippen LogP contribution is 2.54. The molecule has 0 amide bonds. The number of methoxy groups -OCH3 is 3. The number of ketones is 1. The molecule has 3 aromatic rings. The minimum Gasteiger partial charge on any atom is -0.496 e. The van der Waals surface area contributed by atoms with Gasteiger partial charge in [0.05, 0.1) is 32.5 Å². The number of hydrogen-bond acceptors (Lipinski definition) is 6. The first-order chi connectivity index (χ1) is 14.6. The van der Waals surface area contributed by atoms with Crippen LogP contribution in [0.5, 0.6) is 23.0 Å². The van der Waals surface area contributed by atoms with Gasteiger partial charge >= 0.3 is 0 Å². The minimum absolute atomic E-state index is 0.0556. The second-order valence-corrected chi connectivity index (χ2v) is 8.14. The molecule has 0 N–H and O–H groups in total. The van der Waals surface area contributed by atoms with Gasteiger partial charge in [0.1, 0.15) is 34.4 Å². The number of thioether (sulfide) groups is 1. The van der Waals surface area contributed by atoms with Crippen molar-refractivity contribution in [2.24, 2.45) is 0 Å². The normalized spacial score (nSPS) is 17.6. The molecule has 1 unspecified atom stereocenters. The van der Waals surface area contributed by atoms with E-state index >= 15 is 0 Å². The molecule has 4 rings (SSSR count). The summed E-state index contributed by atoms with van der Waals surface area (Å²) in [7, 11) is 4.72. The van der Waals surface area contributed by atoms with Gasteiger partial charge in [-0.15, -0.1) is 11.8 Å². The Morgan fingerprint density at radius 1 is 0.867 bits per heavy atom. The van der Waals surface area contributed by atoms with Crippen molar-refractivity contribution in [1.82, 2.24) is 0 Å². The van der Waals surface area contributed by atoms with E-state index in [0.29, 0.717) is 34.1 Å². The van der Waals surface area contributed by atoms with Gasteiger partial charge in [0, 0.05) is 17.0 Å². The topological polar surface area (TPSA) is 54.0 Å². The number of para-hydroxylation sites is 1. The predicted octanol–water partition coefficient (Wildman–Crippen LogP) is 4.98. The van der Waals surface area contributed by atoms with Crippen LogP contribution >= 0.6 is 11.8 Å². The monoisotopic (exact) mass is 422 g/mol. The summed E-state index contributed by atoms with van der Waals surface area (Å²) in [6.07, 6.45) is 0. The van der Waals surface area contributed by atoms with E-state index in [1.54, 1.807) is 39.5 Å². The Morgan fingerprint density at radius 3 is 2.13 bits per heavy atom. The number of ether oxygens (including phenoxy) is 4. The third-order valence-corrected chi connectivity index (χ3v) is 6.45. The number of carbonyl (C=O) groups excluding carboxylic acids is 1. The van der Waals surface area contributed by atoms with Crippen LogP contribution in [0.15, 0.2) is 71.6 Å². The van der Waals surface area contributed by atoms with Crippen molar-refractivity contribution >= 4 is 17.5 Å². The van der Waals surface area contributed by atoms with Gasteiger partial charge in [-0.25, -0.2) is 0 Å². The quantitative estimate of drug-likeness (QED) is 0.559. The van der Waals surface area contributed by atoms with Crippen LogP contribution in [-0.2, 0) is 4.75 Å². The third-order valence-electron chi connectivity index (χ3n) is 5.08. The third kappa shape index (κ3) is 3.37. The Balaban J connectivity index is 1.97. The van der Waals surface area contributed by atoms with Crippen LogP contribution in [0, 0.1) is 0 Å². The summed E-state index contributed by atoms with van der Waals surface area (Å²) in [5.74, 6) is 2.12. The Morgan fingerprint density at radius 2 is 1.50 bits per heavy atom. The number of carbonyl (C=O) groups is 1. The smallest absolute Gasteiger partial charge is 0.191 e. The van der Waals surface area contributed by atoms with E-state index < -0.39 is 4.75 Å². The summed E-state index contributed by atoms with van der Waals surface area (Å²) in [6, 6.07) is 20.6. The van der Waals surface area contributed by atoms with Crippen LogP contribution in [0.1, 0.15) is 15.9 Å². The molecule has 5 nitrogen and oxygen atoms in total. The fourth-order valence-electron chi connectivity index (χ4n) is 3.65. The molecule has 1 atom stereocenters. The van der Waals surface area contributed by atoms with Crippen molar-refractivity contribution < 1.29 is 23.7 Å². The van der Waals surface area contributed by atoms with Crippen LogP contribution in [0.2, 0.25) is 0 Å². The highest BCUT2D eigenvalue weighted by atomic mass is 32.2. The highest BCUT2D eigenvalue weighted by molar-refractivity contribution is 8.01. The summed E-state index contributed by atoms with van der Waals surface area (Å²) >= 11 is 1.43. The molecule has 3 aromatic carbocycles. The predicted molar refractivity (Wildman–Crippen MR) is 116 cm³/mol. The van der Waals surface area contributed by atoms with Crippen LogP contribution in [0.25, 0.3) is 0 Å². The molecular formula is C24H22O5S. The average Bonchev–Trinajstić information content (AvgIpc) is 2.81. The standard InChI is InChI=1S/C24H22O5S/c1-26-16-13-20(27-2)22(21(14-16)28-3)24(30-17-9-5-4-6-10-17)15-29-19-12-8-7-11-18(19)23(24)25/h4-14H,15H2,1-3H3. The SMILES string of the molecule is COc1cc(OC)c(C2(Sc3ccccc3)COc3ccccc3C2=O)c(OC)c1. The largest absolute Gasteiger partial charge is 0.496 e. The summed E-state index contributed by atoms with van der Waals surface area (Å²) in [6.45, 7) is 0.140. The van der Waals surface area contributed by atoms with Gasteiger partial charge in [-0.1, -0.05) is 30.3 Å². The van der Waals surface area contributed by atoms with Gasteiger partial charge in [0.15, 0.2) is 5.78 Å². The van der Waals surface area contributed by atoms with Gasteiger partial charge in [0.25, 0.3) is 0 Å². The van der Waals surface area contributed by atoms with Crippen molar-refractivity contribution in [3.63, 3.8) is 0 Å². The van der Waals surface area contributed by atoms with Gasteiger partial charge in [0.2, 0.25) is 0 Å². The van der Waals surface area contributed by atoms with Gasteiger partial charge in [-0.05, 0) is 24.3 Å². The molecule has 1 heterocycles. The fraction of sp³-hybridized carbons (Fsp3) is 0.208. The Kier molecular flexibility index (Phi) is 5.59. The maximum Gasteiger partial charge on any atom is 0.191 e. The number of hydrogen-bond donors (Lipinski definition) is 0. The zero-order valence-corrected chi connectivity index (χ0v) is 17.8. The maximum absolute atomic E-state index is 14.0. The summed E-state index contributed by atoms with van der Waals surface area (Å²) in [4.78, 5) is 14.9. The molecule has 0 aromatic heterocycles. The molecule has 0 bridgehead atoms. The summed E-state index contributed by atoms with van der Waals surface area (Å²) in [5.41, 5.74) is 1.16. The zero-order valence-electron chi connectivity index (χ0n) is 17.0. The molecular weight excluding hydrogens is 400 g/mol. The van der Waals surface area contributed by atoms with Gasteiger partial charge in [-0.3, -0.25) is 4.79 Å². The number of benzene rings is 3. The lowest BCUT2D eigenvalue weighted by Crippen LogP contribution is -2.42. The van der Waals surface area contributed by atoms with E-state index in [1.807, 2.05) is 48.5 Å². The molecule has 6 heteroatoms. The van der Waals surface area contributed by atoms with Gasteiger partial charge < -0.3 is 18.9 Å². The lowest BCUT2D eigenvalue weighted by atomic mass is 9.86. The first-order valence-corrected chi connectivity index (χ1v) is 10.3. The first kappa shape index (κ1) is 20.2. The van der Waals surface area contributed by atoms with Crippen LogP contribution in [-0.4, -0.2) is 33.7 Å². The lowest BCUT2D eigenvalue weighted by molar-refractivity contribution is 0.0862. The molecule has 0 radical (unpaired) electrons. The lowest BCUT2D eigenvalue weighted by Gasteiger charge is -2.37. The molecule has 0 saturated carbocycles. The van der Waals surface area contributed by atoms with Crippen molar-refractivity contribution in [2.75, 3.05) is 27.9 Å². The van der Waals surface area contributed by atoms with Crippen LogP contribution in [0.3, 0.4) is 0 Å². The zero-order chi connectivity index (χ0) is 21.1. The molecule has 154 valence electrons. The Bertz CT molecular complexity index is 1040. The molecule has 1 aliphatic heterocycles. The van der Waals surface area contributed by atoms with Crippen molar-refractivity contribution in [3.8, 4) is 23.0 Å². The van der Waals surface area contributed by atoms with Crippen LogP contribution in [0.4, 0.5) is 0 Å². The van der Waals surface area contributed by atoms with Crippen molar-refractivity contribution in [2.45, 2.75) is 9.64 Å². The molecule has 0 spiro atoms. The number of fused-ring (bicyclic) bond motifs is 1. The maximum atomic E-state index is 14.0. The van der Waals surface area contributed by atoms with E-state index in [4.69, 9.17) is 18.9 Å². The Labute approximate surface area is 179 Å². The average molecular weight is 423 g/mol. The van der Waals surface area contributed by atoms with E-state index in [1.165, 1.54) is 11.8 Å². The van der Waals surface area contributed by atoms with Crippen LogP contribution < -0.4 is 18.9 Å². The molecule has 0 fully saturated rings. The summed E-state index contributed by atoms with van der Waals surface area (Å²) in [5, 5.41) is 0. The number of rotatable bonds is 6. The first-order valence-electron chi connectivity index (χ1n) is 9.44. The van der Waals surface area contributed by atoms with E-state index in [9.17, 15) is 4.79 Å². The second-order valence-electron chi connectivity index (χ2n) is 6.76. The van der Waals surface area contributed by atoms with E-state index in [-0.39, 0.29) is 12.4 Å². The summed E-state index contributed by atoms with van der Waals surface area (Å²) < 4.78 is 21.8. The molecule has 0 saturated heterocycles. The Hall–Kier alpha value is -3.12. The van der Waals surface area contributed by atoms with E-state index in [2.05, 4.69) is 0 Å². The van der Waals surface area contributed by atoms with Crippen molar-refractivity contribution in [3.05, 3.63) is 77.9 Å². The minimum atomic E-state index is -1.10. The fourth-order valence-corrected chi connectivity index (χ4v) is 4.97.